The first-order valence-electron chi connectivity index (χ1n) is 9.22. The van der Waals surface area contributed by atoms with Crippen molar-refractivity contribution in [3.63, 3.8) is 0 Å². The molecule has 154 valence electrons. The molecule has 10 heteroatoms. The van der Waals surface area contributed by atoms with Crippen molar-refractivity contribution in [3.8, 4) is 28.1 Å². The molecule has 0 amide bonds. The van der Waals surface area contributed by atoms with E-state index in [0.717, 1.165) is 30.6 Å². The maximum Gasteiger partial charge on any atom is 0.245 e. The molecule has 2 aliphatic rings. The van der Waals surface area contributed by atoms with E-state index in [9.17, 15) is 5.11 Å². The van der Waals surface area contributed by atoms with Gasteiger partial charge in [-0.15, -0.1) is 35.0 Å². The molecular formula is C19H23Cl2N7O. The van der Waals surface area contributed by atoms with Gasteiger partial charge in [-0.1, -0.05) is 6.07 Å². The fourth-order valence-corrected chi connectivity index (χ4v) is 4.34. The van der Waals surface area contributed by atoms with Crippen LogP contribution in [0.3, 0.4) is 0 Å². The second-order valence-electron chi connectivity index (χ2n) is 7.43. The van der Waals surface area contributed by atoms with Crippen molar-refractivity contribution >= 4 is 30.8 Å². The quantitative estimate of drug-likeness (QED) is 0.578. The fourth-order valence-electron chi connectivity index (χ4n) is 4.34. The topological polar surface area (TPSA) is 117 Å². The average molecular weight is 436 g/mol. The number of nitrogens with two attached hydrogens (primary N) is 1. The van der Waals surface area contributed by atoms with Crippen LogP contribution in [0.1, 0.15) is 12.8 Å². The lowest BCUT2D eigenvalue weighted by atomic mass is 9.98. The third kappa shape index (κ3) is 3.88. The van der Waals surface area contributed by atoms with E-state index >= 15 is 0 Å². The number of rotatable bonds is 3. The number of phenolic OH excluding ortho intramolecular Hbond substituents is 1. The number of H-pyrrole nitrogens is 1. The van der Waals surface area contributed by atoms with Gasteiger partial charge in [-0.25, -0.2) is 4.98 Å². The first kappa shape index (κ1) is 21.3. The van der Waals surface area contributed by atoms with Crippen LogP contribution in [0.15, 0.2) is 36.8 Å². The first-order chi connectivity index (χ1) is 13.2. The molecule has 2 aromatic heterocycles. The first-order valence-corrected chi connectivity index (χ1v) is 9.22. The lowest BCUT2D eigenvalue weighted by Gasteiger charge is -2.18. The molecule has 0 radical (unpaired) electrons. The number of hydrogen-bond acceptors (Lipinski definition) is 7. The minimum Gasteiger partial charge on any atom is -0.507 e. The van der Waals surface area contributed by atoms with E-state index in [1.165, 1.54) is 6.42 Å². The minimum absolute atomic E-state index is 0. The fraction of sp³-hybridized carbons (Fsp3) is 0.368. The number of halogens is 2. The minimum atomic E-state index is 0. The Kier molecular flexibility index (Phi) is 6.26. The zero-order valence-corrected chi connectivity index (χ0v) is 17.2. The van der Waals surface area contributed by atoms with Gasteiger partial charge in [0.15, 0.2) is 0 Å². The molecule has 2 fully saturated rings. The van der Waals surface area contributed by atoms with Gasteiger partial charge in [0.25, 0.3) is 0 Å². The highest BCUT2D eigenvalue weighted by molar-refractivity contribution is 5.85. The van der Waals surface area contributed by atoms with Gasteiger partial charge >= 0.3 is 0 Å². The molecule has 1 saturated heterocycles. The van der Waals surface area contributed by atoms with Crippen LogP contribution in [0, 0.1) is 11.8 Å². The number of hydrogen-bond donors (Lipinski definition) is 3. The summed E-state index contributed by atoms with van der Waals surface area (Å²) in [5.74, 6) is 1.95. The molecule has 1 aromatic carbocycles. The molecule has 3 atom stereocenters. The van der Waals surface area contributed by atoms with Crippen molar-refractivity contribution in [2.75, 3.05) is 18.0 Å². The Morgan fingerprint density at radius 3 is 2.59 bits per heavy atom. The number of aromatic hydroxyl groups is 1. The summed E-state index contributed by atoms with van der Waals surface area (Å²) in [7, 11) is 0. The van der Waals surface area contributed by atoms with E-state index in [2.05, 4.69) is 30.3 Å². The molecule has 4 N–H and O–H groups in total. The largest absolute Gasteiger partial charge is 0.507 e. The number of nitrogens with zero attached hydrogens (tertiary/aromatic N) is 5. The van der Waals surface area contributed by atoms with Gasteiger partial charge in [-0.2, -0.15) is 5.10 Å². The lowest BCUT2D eigenvalue weighted by molar-refractivity contribution is 0.453. The predicted octanol–water partition coefficient (Wildman–Crippen LogP) is 2.65. The van der Waals surface area contributed by atoms with E-state index in [0.29, 0.717) is 29.0 Å². The zero-order valence-electron chi connectivity index (χ0n) is 15.6. The van der Waals surface area contributed by atoms with Crippen LogP contribution >= 0.6 is 24.8 Å². The summed E-state index contributed by atoms with van der Waals surface area (Å²) in [5.41, 5.74) is 9.15. The van der Waals surface area contributed by atoms with Crippen LogP contribution in [0.2, 0.25) is 0 Å². The Hall–Kier alpha value is -2.42. The highest BCUT2D eigenvalue weighted by Crippen LogP contribution is 2.38. The van der Waals surface area contributed by atoms with E-state index in [1.807, 2.05) is 12.1 Å². The Morgan fingerprint density at radius 2 is 1.93 bits per heavy atom. The van der Waals surface area contributed by atoms with Gasteiger partial charge in [-0.3, -0.25) is 5.10 Å². The number of aromatic amines is 1. The number of nitrogens with one attached hydrogen (secondary N) is 1. The Balaban J connectivity index is 0.00000120. The Morgan fingerprint density at radius 1 is 1.07 bits per heavy atom. The monoisotopic (exact) mass is 435 g/mol. The molecule has 0 spiro atoms. The third-order valence-electron chi connectivity index (χ3n) is 5.85. The zero-order chi connectivity index (χ0) is 18.4. The van der Waals surface area contributed by atoms with Gasteiger partial charge in [0.2, 0.25) is 5.95 Å². The van der Waals surface area contributed by atoms with Crippen LogP contribution in [0.25, 0.3) is 22.4 Å². The standard InChI is InChI=1S/C19H21N7O.2ClH/c20-16-4-2-12-9-26(10-15(12)16)19-21-8-17(24-25-19)14-3-1-11(5-18(14)27)13-6-22-23-7-13;;/h1,3,5-8,12,15-16,27H,2,4,9-10,20H2,(H,22,23);2*1H/t12-,15+,16+;;/m1../s1. The van der Waals surface area contributed by atoms with E-state index in [1.54, 1.807) is 24.7 Å². The number of fused-ring (bicyclic) bond motifs is 1. The number of phenols is 1. The average Bonchev–Trinajstić information content (AvgIpc) is 3.41. The molecule has 3 aromatic rings. The van der Waals surface area contributed by atoms with Crippen LogP contribution in [-0.4, -0.2) is 49.6 Å². The van der Waals surface area contributed by atoms with E-state index in [-0.39, 0.29) is 36.6 Å². The Labute approximate surface area is 180 Å². The summed E-state index contributed by atoms with van der Waals surface area (Å²) < 4.78 is 0. The van der Waals surface area contributed by atoms with E-state index in [4.69, 9.17) is 5.73 Å². The molecule has 1 aliphatic heterocycles. The molecular weight excluding hydrogens is 413 g/mol. The summed E-state index contributed by atoms with van der Waals surface area (Å²) in [6.45, 7) is 1.85. The van der Waals surface area contributed by atoms with Gasteiger partial charge in [0.1, 0.15) is 11.4 Å². The van der Waals surface area contributed by atoms with Crippen LogP contribution in [-0.2, 0) is 0 Å². The van der Waals surface area contributed by atoms with Crippen molar-refractivity contribution in [2.45, 2.75) is 18.9 Å². The second kappa shape index (κ2) is 8.52. The van der Waals surface area contributed by atoms with Gasteiger partial charge in [0, 0.05) is 36.5 Å². The smallest absolute Gasteiger partial charge is 0.245 e. The highest BCUT2D eigenvalue weighted by atomic mass is 35.5. The Bertz CT molecular complexity index is 952. The van der Waals surface area contributed by atoms with E-state index < -0.39 is 0 Å². The molecule has 29 heavy (non-hydrogen) atoms. The van der Waals surface area contributed by atoms with Crippen LogP contribution in [0.4, 0.5) is 5.95 Å². The lowest BCUT2D eigenvalue weighted by Crippen LogP contribution is -2.30. The van der Waals surface area contributed by atoms with Crippen molar-refractivity contribution in [1.82, 2.24) is 25.4 Å². The van der Waals surface area contributed by atoms with Gasteiger partial charge < -0.3 is 15.7 Å². The van der Waals surface area contributed by atoms with Crippen molar-refractivity contribution < 1.29 is 5.11 Å². The highest BCUT2D eigenvalue weighted by Gasteiger charge is 2.41. The molecule has 1 aliphatic carbocycles. The third-order valence-corrected chi connectivity index (χ3v) is 5.85. The van der Waals surface area contributed by atoms with Crippen molar-refractivity contribution in [3.05, 3.63) is 36.8 Å². The summed E-state index contributed by atoms with van der Waals surface area (Å²) in [6.07, 6.45) is 7.47. The molecule has 8 nitrogen and oxygen atoms in total. The maximum atomic E-state index is 10.4. The molecule has 1 saturated carbocycles. The second-order valence-corrected chi connectivity index (χ2v) is 7.43. The number of benzene rings is 1. The SMILES string of the molecule is Cl.Cl.N[C@H]1CC[C@@H]2CN(c3ncc(-c4ccc(-c5cn[nH]c5)cc4O)nn3)C[C@@H]21. The number of anilines is 1. The molecule has 5 rings (SSSR count). The van der Waals surface area contributed by atoms with Crippen molar-refractivity contribution in [1.29, 1.82) is 0 Å². The molecule has 3 heterocycles. The van der Waals surface area contributed by atoms with Gasteiger partial charge in [-0.05, 0) is 42.4 Å². The predicted molar refractivity (Wildman–Crippen MR) is 115 cm³/mol. The van der Waals surface area contributed by atoms with Crippen LogP contribution < -0.4 is 10.6 Å². The maximum absolute atomic E-state index is 10.4. The van der Waals surface area contributed by atoms with Crippen molar-refractivity contribution in [2.24, 2.45) is 17.6 Å². The summed E-state index contributed by atoms with van der Waals surface area (Å²) in [6, 6.07) is 5.72. The summed E-state index contributed by atoms with van der Waals surface area (Å²) in [4.78, 5) is 6.66. The summed E-state index contributed by atoms with van der Waals surface area (Å²) >= 11 is 0. The normalized spacial score (nSPS) is 22.7. The van der Waals surface area contributed by atoms with Crippen LogP contribution in [0.5, 0.6) is 5.75 Å². The van der Waals surface area contributed by atoms with Gasteiger partial charge in [0.05, 0.1) is 12.4 Å². The number of aromatic nitrogens is 5. The molecule has 0 bridgehead atoms. The summed E-state index contributed by atoms with van der Waals surface area (Å²) in [5, 5.41) is 25.7. The molecule has 0 unspecified atom stereocenters.